The van der Waals surface area contributed by atoms with Gasteiger partial charge >= 0.3 is 0 Å². The number of aryl methyl sites for hydroxylation is 1. The fourth-order valence-corrected chi connectivity index (χ4v) is 1.26. The fourth-order valence-electron chi connectivity index (χ4n) is 1.26. The van der Waals surface area contributed by atoms with Gasteiger partial charge < -0.3 is 0 Å². The molecule has 0 aliphatic heterocycles. The summed E-state index contributed by atoms with van der Waals surface area (Å²) in [5.74, 6) is 0. The molecule has 0 bridgehead atoms. The summed E-state index contributed by atoms with van der Waals surface area (Å²) in [5, 5.41) is 4.01. The molecular formula is C11H10N2O. The minimum atomic E-state index is -0.0706. The Morgan fingerprint density at radius 2 is 1.86 bits per heavy atom. The summed E-state index contributed by atoms with van der Waals surface area (Å²) in [6, 6.07) is 11.1. The number of rotatable bonds is 1. The molecule has 0 saturated heterocycles. The highest BCUT2D eigenvalue weighted by molar-refractivity contribution is 5.30. The van der Waals surface area contributed by atoms with Crippen LogP contribution < -0.4 is 5.56 Å². The van der Waals surface area contributed by atoms with Gasteiger partial charge in [-0.25, -0.2) is 0 Å². The van der Waals surface area contributed by atoms with Gasteiger partial charge in [-0.3, -0.25) is 4.79 Å². The molecule has 0 amide bonds. The van der Waals surface area contributed by atoms with E-state index in [-0.39, 0.29) is 5.56 Å². The molecule has 1 heterocycles. The van der Waals surface area contributed by atoms with Crippen LogP contribution in [0.4, 0.5) is 0 Å². The Kier molecular flexibility index (Phi) is 2.14. The fraction of sp³-hybridized carbons (Fsp3) is 0.0909. The van der Waals surface area contributed by atoms with Gasteiger partial charge in [-0.05, 0) is 25.1 Å². The maximum Gasteiger partial charge on any atom is 0.274 e. The van der Waals surface area contributed by atoms with Gasteiger partial charge in [-0.1, -0.05) is 18.2 Å². The van der Waals surface area contributed by atoms with Crippen molar-refractivity contribution in [2.24, 2.45) is 0 Å². The standard InChI is InChI=1S/C11H10N2O/c1-9-7-8-12-13(11(9)14)10-5-3-2-4-6-10/h2-8H,1H3. The second-order valence-corrected chi connectivity index (χ2v) is 3.07. The zero-order valence-electron chi connectivity index (χ0n) is 7.84. The lowest BCUT2D eigenvalue weighted by atomic mass is 10.3. The van der Waals surface area contributed by atoms with E-state index in [0.29, 0.717) is 5.56 Å². The van der Waals surface area contributed by atoms with Gasteiger partial charge in [-0.2, -0.15) is 9.78 Å². The van der Waals surface area contributed by atoms with Crippen molar-refractivity contribution in [3.8, 4) is 5.69 Å². The molecule has 2 aromatic rings. The van der Waals surface area contributed by atoms with Gasteiger partial charge in [0.05, 0.1) is 5.69 Å². The van der Waals surface area contributed by atoms with E-state index in [1.54, 1.807) is 19.2 Å². The third-order valence-electron chi connectivity index (χ3n) is 2.04. The molecule has 3 nitrogen and oxygen atoms in total. The predicted octanol–water partition coefficient (Wildman–Crippen LogP) is 1.54. The first kappa shape index (κ1) is 8.69. The lowest BCUT2D eigenvalue weighted by Crippen LogP contribution is -2.22. The average Bonchev–Trinajstić information content (AvgIpc) is 2.23. The molecule has 0 unspecified atom stereocenters. The SMILES string of the molecule is Cc1ccnn(-c2ccccc2)c1=O. The third kappa shape index (κ3) is 1.44. The Hall–Kier alpha value is -1.90. The van der Waals surface area contributed by atoms with Crippen molar-refractivity contribution in [3.05, 3.63) is 58.5 Å². The third-order valence-corrected chi connectivity index (χ3v) is 2.04. The number of nitrogens with zero attached hydrogens (tertiary/aromatic N) is 2. The molecule has 0 radical (unpaired) electrons. The number of hydrogen-bond acceptors (Lipinski definition) is 2. The van der Waals surface area contributed by atoms with Crippen LogP contribution in [-0.4, -0.2) is 9.78 Å². The Balaban J connectivity index is 2.64. The molecule has 0 aliphatic rings. The van der Waals surface area contributed by atoms with Crippen LogP contribution in [0.15, 0.2) is 47.4 Å². The quantitative estimate of drug-likeness (QED) is 0.677. The summed E-state index contributed by atoms with van der Waals surface area (Å²) >= 11 is 0. The number of benzene rings is 1. The van der Waals surface area contributed by atoms with Gasteiger partial charge in [0.15, 0.2) is 0 Å². The van der Waals surface area contributed by atoms with Crippen LogP contribution in [0.1, 0.15) is 5.56 Å². The first-order chi connectivity index (χ1) is 6.79. The van der Waals surface area contributed by atoms with Crippen molar-refractivity contribution in [2.45, 2.75) is 6.92 Å². The Labute approximate surface area is 81.6 Å². The number of aromatic nitrogens is 2. The van der Waals surface area contributed by atoms with Crippen molar-refractivity contribution < 1.29 is 0 Å². The summed E-state index contributed by atoms with van der Waals surface area (Å²) in [7, 11) is 0. The molecular weight excluding hydrogens is 176 g/mol. The maximum absolute atomic E-state index is 11.7. The summed E-state index contributed by atoms with van der Waals surface area (Å²) < 4.78 is 1.40. The first-order valence-corrected chi connectivity index (χ1v) is 4.39. The lowest BCUT2D eigenvalue weighted by Gasteiger charge is -2.03. The van der Waals surface area contributed by atoms with Crippen molar-refractivity contribution in [3.63, 3.8) is 0 Å². The number of hydrogen-bond donors (Lipinski definition) is 0. The molecule has 70 valence electrons. The molecule has 0 fully saturated rings. The number of para-hydroxylation sites is 1. The highest BCUT2D eigenvalue weighted by Gasteiger charge is 2.00. The molecule has 3 heteroatoms. The molecule has 0 N–H and O–H groups in total. The van der Waals surface area contributed by atoms with E-state index in [1.807, 2.05) is 30.3 Å². The average molecular weight is 186 g/mol. The zero-order valence-corrected chi connectivity index (χ0v) is 7.84. The van der Waals surface area contributed by atoms with Crippen LogP contribution in [0.25, 0.3) is 5.69 Å². The second kappa shape index (κ2) is 3.46. The molecule has 0 atom stereocenters. The van der Waals surface area contributed by atoms with E-state index in [0.717, 1.165) is 5.69 Å². The Bertz CT molecular complexity index is 488. The highest BCUT2D eigenvalue weighted by Crippen LogP contribution is 2.01. The van der Waals surface area contributed by atoms with Crippen molar-refractivity contribution in [1.29, 1.82) is 0 Å². The smallest absolute Gasteiger partial charge is 0.267 e. The van der Waals surface area contributed by atoms with E-state index < -0.39 is 0 Å². The van der Waals surface area contributed by atoms with Crippen molar-refractivity contribution in [1.82, 2.24) is 9.78 Å². The van der Waals surface area contributed by atoms with Gasteiger partial charge in [0.1, 0.15) is 0 Å². The van der Waals surface area contributed by atoms with Crippen molar-refractivity contribution in [2.75, 3.05) is 0 Å². The van der Waals surface area contributed by atoms with Gasteiger partial charge in [0.2, 0.25) is 0 Å². The van der Waals surface area contributed by atoms with E-state index >= 15 is 0 Å². The van der Waals surface area contributed by atoms with Crippen molar-refractivity contribution >= 4 is 0 Å². The Morgan fingerprint density at radius 1 is 1.14 bits per heavy atom. The predicted molar refractivity (Wildman–Crippen MR) is 54.6 cm³/mol. The molecule has 14 heavy (non-hydrogen) atoms. The van der Waals surface area contributed by atoms with E-state index in [2.05, 4.69) is 5.10 Å². The molecule has 0 saturated carbocycles. The molecule has 0 aliphatic carbocycles. The van der Waals surface area contributed by atoms with Gasteiger partial charge in [0.25, 0.3) is 5.56 Å². The molecule has 0 spiro atoms. The van der Waals surface area contributed by atoms with Gasteiger partial charge in [0, 0.05) is 11.8 Å². The lowest BCUT2D eigenvalue weighted by molar-refractivity contribution is 0.797. The molecule has 1 aromatic heterocycles. The largest absolute Gasteiger partial charge is 0.274 e. The summed E-state index contributed by atoms with van der Waals surface area (Å²) in [6.07, 6.45) is 1.63. The van der Waals surface area contributed by atoms with E-state index in [9.17, 15) is 4.79 Å². The van der Waals surface area contributed by atoms with Crippen LogP contribution in [0, 0.1) is 6.92 Å². The van der Waals surface area contributed by atoms with Gasteiger partial charge in [-0.15, -0.1) is 0 Å². The Morgan fingerprint density at radius 3 is 2.57 bits per heavy atom. The normalized spacial score (nSPS) is 10.1. The van der Waals surface area contributed by atoms with Crippen LogP contribution in [0.3, 0.4) is 0 Å². The topological polar surface area (TPSA) is 34.9 Å². The molecule has 2 rings (SSSR count). The zero-order chi connectivity index (χ0) is 9.97. The summed E-state index contributed by atoms with van der Waals surface area (Å²) in [5.41, 5.74) is 1.42. The minimum Gasteiger partial charge on any atom is -0.267 e. The first-order valence-electron chi connectivity index (χ1n) is 4.39. The van der Waals surface area contributed by atoms with Crippen LogP contribution in [-0.2, 0) is 0 Å². The molecule has 1 aromatic carbocycles. The summed E-state index contributed by atoms with van der Waals surface area (Å²) in [6.45, 7) is 1.78. The van der Waals surface area contributed by atoms with E-state index in [4.69, 9.17) is 0 Å². The highest BCUT2D eigenvalue weighted by atomic mass is 16.1. The monoisotopic (exact) mass is 186 g/mol. The van der Waals surface area contributed by atoms with Crippen LogP contribution in [0.5, 0.6) is 0 Å². The minimum absolute atomic E-state index is 0.0706. The second-order valence-electron chi connectivity index (χ2n) is 3.07. The summed E-state index contributed by atoms with van der Waals surface area (Å²) in [4.78, 5) is 11.7. The van der Waals surface area contributed by atoms with Crippen LogP contribution >= 0.6 is 0 Å². The van der Waals surface area contributed by atoms with Crippen LogP contribution in [0.2, 0.25) is 0 Å². The van der Waals surface area contributed by atoms with E-state index in [1.165, 1.54) is 4.68 Å². The maximum atomic E-state index is 11.7.